The fraction of sp³-hybridized carbons (Fsp3) is 0.632. The zero-order valence-corrected chi connectivity index (χ0v) is 14.0. The first-order valence-electron chi connectivity index (χ1n) is 8.57. The van der Waals surface area contributed by atoms with Crippen LogP contribution in [0.5, 0.6) is 0 Å². The van der Waals surface area contributed by atoms with Crippen LogP contribution in [0.3, 0.4) is 0 Å². The van der Waals surface area contributed by atoms with Crippen molar-refractivity contribution in [3.05, 3.63) is 23.8 Å². The van der Waals surface area contributed by atoms with Crippen LogP contribution in [0.2, 0.25) is 0 Å². The summed E-state index contributed by atoms with van der Waals surface area (Å²) in [5, 5.41) is 10.7. The zero-order chi connectivity index (χ0) is 17.4. The molecule has 5 nitrogen and oxygen atoms in total. The first-order valence-corrected chi connectivity index (χ1v) is 8.57. The SMILES string of the molecule is C=C(C)[C@@H]1CC(=O)C=C2C(=O)[C@@H]3[C@@H]4[C@@H](C(=O)O[C@@H]4C[C@]3(C)O)[C@@H]2C1. The van der Waals surface area contributed by atoms with Gasteiger partial charge in [0, 0.05) is 30.3 Å². The average Bonchev–Trinajstić information content (AvgIpc) is 2.81. The third-order valence-electron chi connectivity index (χ3n) is 6.45. The second-order valence-electron chi connectivity index (χ2n) is 8.14. The number of hydrogen-bond donors (Lipinski definition) is 1. The Balaban J connectivity index is 1.83. The highest BCUT2D eigenvalue weighted by atomic mass is 16.6. The summed E-state index contributed by atoms with van der Waals surface area (Å²) in [5.41, 5.74) is 0.115. The standard InChI is InChI=1S/C19H22O5/c1-8(2)9-4-10(20)6-12-11(5-9)14-15-13(24-18(14)22)7-19(3,23)16(15)17(12)21/h6,9,11,13-16,23H,1,4-5,7H2,2-3H3/t9-,11-,13-,14+,15+,16+,19+/m1/s1. The van der Waals surface area contributed by atoms with Crippen LogP contribution in [0, 0.1) is 29.6 Å². The van der Waals surface area contributed by atoms with Crippen molar-refractivity contribution in [3.8, 4) is 0 Å². The summed E-state index contributed by atoms with van der Waals surface area (Å²) in [5.74, 6) is -2.28. The number of rotatable bonds is 1. The van der Waals surface area contributed by atoms with Crippen LogP contribution in [0.25, 0.3) is 0 Å². The molecule has 5 heteroatoms. The minimum atomic E-state index is -1.19. The number of aliphatic hydroxyl groups is 1. The van der Waals surface area contributed by atoms with Gasteiger partial charge >= 0.3 is 5.97 Å². The van der Waals surface area contributed by atoms with Gasteiger partial charge in [-0.05, 0) is 32.3 Å². The zero-order valence-electron chi connectivity index (χ0n) is 14.0. The number of Topliss-reactive ketones (excluding diaryl/α,β-unsaturated/α-hetero) is 1. The Morgan fingerprint density at radius 3 is 2.75 bits per heavy atom. The van der Waals surface area contributed by atoms with E-state index in [1.54, 1.807) is 6.92 Å². The summed E-state index contributed by atoms with van der Waals surface area (Å²) >= 11 is 0. The molecule has 0 bridgehead atoms. The molecule has 1 saturated heterocycles. The van der Waals surface area contributed by atoms with Gasteiger partial charge in [-0.3, -0.25) is 14.4 Å². The van der Waals surface area contributed by atoms with Gasteiger partial charge in [-0.25, -0.2) is 0 Å². The number of ether oxygens (including phenoxy) is 1. The van der Waals surface area contributed by atoms with Crippen molar-refractivity contribution in [2.75, 3.05) is 0 Å². The third-order valence-corrected chi connectivity index (χ3v) is 6.45. The Labute approximate surface area is 140 Å². The smallest absolute Gasteiger partial charge is 0.310 e. The van der Waals surface area contributed by atoms with Gasteiger partial charge in [0.25, 0.3) is 0 Å². The highest BCUT2D eigenvalue weighted by Gasteiger charge is 2.67. The monoisotopic (exact) mass is 330 g/mol. The number of fused-ring (bicyclic) bond motifs is 2. The second-order valence-corrected chi connectivity index (χ2v) is 8.14. The van der Waals surface area contributed by atoms with Crippen LogP contribution in [0.15, 0.2) is 23.8 Å². The number of hydrogen-bond acceptors (Lipinski definition) is 5. The molecule has 0 radical (unpaired) electrons. The van der Waals surface area contributed by atoms with Crippen LogP contribution >= 0.6 is 0 Å². The van der Waals surface area contributed by atoms with Gasteiger partial charge < -0.3 is 9.84 Å². The van der Waals surface area contributed by atoms with Crippen LogP contribution in [0.4, 0.5) is 0 Å². The van der Waals surface area contributed by atoms with Gasteiger partial charge in [-0.15, -0.1) is 0 Å². The Bertz CT molecular complexity index is 701. The van der Waals surface area contributed by atoms with E-state index in [-0.39, 0.29) is 41.7 Å². The molecule has 0 amide bonds. The number of ketones is 2. The summed E-state index contributed by atoms with van der Waals surface area (Å²) < 4.78 is 5.51. The molecule has 0 aromatic heterocycles. The molecule has 3 aliphatic carbocycles. The van der Waals surface area contributed by atoms with Crippen molar-refractivity contribution in [1.82, 2.24) is 0 Å². The molecule has 24 heavy (non-hydrogen) atoms. The van der Waals surface area contributed by atoms with Gasteiger partial charge in [0.05, 0.1) is 17.4 Å². The Hall–Kier alpha value is -1.75. The van der Waals surface area contributed by atoms with Crippen molar-refractivity contribution >= 4 is 17.5 Å². The van der Waals surface area contributed by atoms with Crippen molar-refractivity contribution in [1.29, 1.82) is 0 Å². The molecule has 0 aromatic carbocycles. The number of esters is 1. The molecule has 1 aliphatic heterocycles. The number of carbonyl (C=O) groups excluding carboxylic acids is 3. The quantitative estimate of drug-likeness (QED) is 0.583. The normalized spacial score (nSPS) is 46.8. The largest absolute Gasteiger partial charge is 0.462 e. The van der Waals surface area contributed by atoms with E-state index in [2.05, 4.69) is 6.58 Å². The minimum Gasteiger partial charge on any atom is -0.462 e. The molecule has 0 unspecified atom stereocenters. The lowest BCUT2D eigenvalue weighted by Crippen LogP contribution is -2.48. The van der Waals surface area contributed by atoms with Gasteiger partial charge in [0.2, 0.25) is 0 Å². The van der Waals surface area contributed by atoms with E-state index in [0.29, 0.717) is 18.4 Å². The molecule has 1 heterocycles. The molecule has 0 aromatic rings. The van der Waals surface area contributed by atoms with E-state index >= 15 is 0 Å². The van der Waals surface area contributed by atoms with Crippen molar-refractivity contribution in [2.45, 2.75) is 44.8 Å². The van der Waals surface area contributed by atoms with E-state index < -0.39 is 23.5 Å². The average molecular weight is 330 g/mol. The molecular weight excluding hydrogens is 308 g/mol. The van der Waals surface area contributed by atoms with Crippen LogP contribution in [-0.4, -0.2) is 34.3 Å². The van der Waals surface area contributed by atoms with Gasteiger partial charge in [-0.2, -0.15) is 0 Å². The summed E-state index contributed by atoms with van der Waals surface area (Å²) in [6.45, 7) is 7.48. The lowest BCUT2D eigenvalue weighted by atomic mass is 9.61. The summed E-state index contributed by atoms with van der Waals surface area (Å²) in [7, 11) is 0. The summed E-state index contributed by atoms with van der Waals surface area (Å²) in [4.78, 5) is 37.9. The molecule has 2 saturated carbocycles. The topological polar surface area (TPSA) is 80.7 Å². The first kappa shape index (κ1) is 15.8. The predicted molar refractivity (Wildman–Crippen MR) is 84.7 cm³/mol. The lowest BCUT2D eigenvalue weighted by molar-refractivity contribution is -0.149. The van der Waals surface area contributed by atoms with E-state index in [0.717, 1.165) is 5.57 Å². The maximum atomic E-state index is 13.1. The Morgan fingerprint density at radius 2 is 2.08 bits per heavy atom. The van der Waals surface area contributed by atoms with Crippen molar-refractivity contribution in [3.63, 3.8) is 0 Å². The summed E-state index contributed by atoms with van der Waals surface area (Å²) in [6.07, 6.45) is 2.20. The highest BCUT2D eigenvalue weighted by Crippen LogP contribution is 2.58. The van der Waals surface area contributed by atoms with Crippen LogP contribution in [0.1, 0.15) is 33.1 Å². The van der Waals surface area contributed by atoms with Crippen molar-refractivity contribution < 1.29 is 24.2 Å². The Morgan fingerprint density at radius 1 is 1.38 bits per heavy atom. The Kier molecular flexibility index (Phi) is 3.21. The molecule has 4 aliphatic rings. The van der Waals surface area contributed by atoms with Gasteiger partial charge in [-0.1, -0.05) is 12.2 Å². The van der Waals surface area contributed by atoms with E-state index in [4.69, 9.17) is 4.74 Å². The maximum Gasteiger partial charge on any atom is 0.310 e. The second kappa shape index (κ2) is 4.88. The minimum absolute atomic E-state index is 0.0330. The fourth-order valence-corrected chi connectivity index (χ4v) is 5.38. The van der Waals surface area contributed by atoms with Gasteiger partial charge in [0.1, 0.15) is 6.10 Å². The lowest BCUT2D eigenvalue weighted by Gasteiger charge is -2.39. The van der Waals surface area contributed by atoms with E-state index in [9.17, 15) is 19.5 Å². The van der Waals surface area contributed by atoms with Crippen LogP contribution in [-0.2, 0) is 19.1 Å². The highest BCUT2D eigenvalue weighted by molar-refractivity contribution is 6.07. The van der Waals surface area contributed by atoms with E-state index in [1.165, 1.54) is 6.08 Å². The van der Waals surface area contributed by atoms with E-state index in [1.807, 2.05) is 6.92 Å². The predicted octanol–water partition coefficient (Wildman–Crippen LogP) is 1.60. The molecule has 1 N–H and O–H groups in total. The van der Waals surface area contributed by atoms with Gasteiger partial charge in [0.15, 0.2) is 11.6 Å². The summed E-state index contributed by atoms with van der Waals surface area (Å²) in [6, 6.07) is 0. The number of carbonyl (C=O) groups is 3. The molecule has 3 fully saturated rings. The third kappa shape index (κ3) is 2.00. The number of allylic oxidation sites excluding steroid dienone is 3. The van der Waals surface area contributed by atoms with Crippen LogP contribution < -0.4 is 0 Å². The van der Waals surface area contributed by atoms with Crippen molar-refractivity contribution in [2.24, 2.45) is 29.6 Å². The molecular formula is C19H22O5. The fourth-order valence-electron chi connectivity index (χ4n) is 5.38. The molecule has 4 rings (SSSR count). The first-order chi connectivity index (χ1) is 11.2. The molecule has 128 valence electrons. The molecule has 0 spiro atoms. The molecule has 7 atom stereocenters. The maximum absolute atomic E-state index is 13.1.